The minimum absolute atomic E-state index is 0.574. The van der Waals surface area contributed by atoms with Crippen LogP contribution < -0.4 is 14.8 Å². The molecule has 1 heterocycles. The molecule has 1 N–H and O–H groups in total. The van der Waals surface area contributed by atoms with Gasteiger partial charge in [-0.3, -0.25) is 0 Å². The van der Waals surface area contributed by atoms with E-state index in [1.807, 2.05) is 24.3 Å². The summed E-state index contributed by atoms with van der Waals surface area (Å²) in [4.78, 5) is 0. The summed E-state index contributed by atoms with van der Waals surface area (Å²) in [6, 6.07) is 13.5. The number of para-hydroxylation sites is 1. The highest BCUT2D eigenvalue weighted by molar-refractivity contribution is 9.10. The van der Waals surface area contributed by atoms with E-state index in [2.05, 4.69) is 27.3 Å². The molecule has 0 saturated carbocycles. The van der Waals surface area contributed by atoms with Gasteiger partial charge in [0.25, 0.3) is 0 Å². The van der Waals surface area contributed by atoms with Crippen LogP contribution in [0, 0.1) is 11.3 Å². The SMILES string of the molecule is N#Cc1ccc(NCc2cccc3c2OCCO3)c(Br)c1. The van der Waals surface area contributed by atoms with Crippen molar-refractivity contribution in [2.45, 2.75) is 6.54 Å². The third-order valence-electron chi connectivity index (χ3n) is 3.22. The molecular weight excluding hydrogens is 332 g/mol. The lowest BCUT2D eigenvalue weighted by molar-refractivity contribution is 0.170. The van der Waals surface area contributed by atoms with Gasteiger partial charge in [0.1, 0.15) is 13.2 Å². The minimum Gasteiger partial charge on any atom is -0.486 e. The molecular formula is C16H13BrN2O2. The fourth-order valence-corrected chi connectivity index (χ4v) is 2.71. The number of nitriles is 1. The molecule has 1 aliphatic rings. The summed E-state index contributed by atoms with van der Waals surface area (Å²) < 4.78 is 12.1. The lowest BCUT2D eigenvalue weighted by Gasteiger charge is -2.21. The van der Waals surface area contributed by atoms with Crippen molar-refractivity contribution in [2.24, 2.45) is 0 Å². The zero-order valence-electron chi connectivity index (χ0n) is 11.2. The first-order chi connectivity index (χ1) is 10.3. The second kappa shape index (κ2) is 6.06. The maximum atomic E-state index is 8.87. The Hall–Kier alpha value is -2.19. The van der Waals surface area contributed by atoms with Crippen LogP contribution in [-0.2, 0) is 6.54 Å². The third kappa shape index (κ3) is 2.96. The smallest absolute Gasteiger partial charge is 0.166 e. The zero-order chi connectivity index (χ0) is 14.7. The average molecular weight is 345 g/mol. The molecule has 3 rings (SSSR count). The maximum Gasteiger partial charge on any atom is 0.166 e. The fraction of sp³-hybridized carbons (Fsp3) is 0.188. The van der Waals surface area contributed by atoms with E-state index in [9.17, 15) is 0 Å². The van der Waals surface area contributed by atoms with Crippen LogP contribution in [0.25, 0.3) is 0 Å². The number of ether oxygens (including phenoxy) is 2. The molecule has 0 aromatic heterocycles. The number of nitrogens with zero attached hydrogens (tertiary/aromatic N) is 1. The topological polar surface area (TPSA) is 54.3 Å². The van der Waals surface area contributed by atoms with Crippen LogP contribution in [0.5, 0.6) is 11.5 Å². The Kier molecular flexibility index (Phi) is 3.98. The van der Waals surface area contributed by atoms with Crippen LogP contribution >= 0.6 is 15.9 Å². The van der Waals surface area contributed by atoms with Crippen molar-refractivity contribution in [1.82, 2.24) is 0 Å². The first kappa shape index (κ1) is 13.8. The number of hydrogen-bond acceptors (Lipinski definition) is 4. The number of halogens is 1. The van der Waals surface area contributed by atoms with Crippen LogP contribution in [0.15, 0.2) is 40.9 Å². The molecule has 0 fully saturated rings. The molecule has 0 radical (unpaired) electrons. The van der Waals surface area contributed by atoms with Crippen molar-refractivity contribution >= 4 is 21.6 Å². The van der Waals surface area contributed by atoms with Gasteiger partial charge in [0.15, 0.2) is 11.5 Å². The van der Waals surface area contributed by atoms with E-state index in [1.165, 1.54) is 0 Å². The molecule has 0 atom stereocenters. The zero-order valence-corrected chi connectivity index (χ0v) is 12.8. The van der Waals surface area contributed by atoms with Gasteiger partial charge in [0.2, 0.25) is 0 Å². The number of nitrogens with one attached hydrogen (secondary N) is 1. The summed E-state index contributed by atoms with van der Waals surface area (Å²) in [6.45, 7) is 1.78. The minimum atomic E-state index is 0.574. The Morgan fingerprint density at radius 3 is 2.86 bits per heavy atom. The Balaban J connectivity index is 1.78. The molecule has 0 unspecified atom stereocenters. The number of hydrogen-bond donors (Lipinski definition) is 1. The van der Waals surface area contributed by atoms with Gasteiger partial charge in [-0.05, 0) is 40.2 Å². The van der Waals surface area contributed by atoms with E-state index in [4.69, 9.17) is 14.7 Å². The second-order valence-corrected chi connectivity index (χ2v) is 5.46. The van der Waals surface area contributed by atoms with Crippen molar-refractivity contribution in [1.29, 1.82) is 5.26 Å². The monoisotopic (exact) mass is 344 g/mol. The predicted molar refractivity (Wildman–Crippen MR) is 83.6 cm³/mol. The van der Waals surface area contributed by atoms with Gasteiger partial charge in [-0.15, -0.1) is 0 Å². The van der Waals surface area contributed by atoms with Crippen molar-refractivity contribution in [2.75, 3.05) is 18.5 Å². The maximum absolute atomic E-state index is 8.87. The number of benzene rings is 2. The lowest BCUT2D eigenvalue weighted by atomic mass is 10.1. The quantitative estimate of drug-likeness (QED) is 0.922. The van der Waals surface area contributed by atoms with Crippen molar-refractivity contribution in [3.05, 3.63) is 52.0 Å². The molecule has 2 aromatic rings. The Bertz CT molecular complexity index is 710. The lowest BCUT2D eigenvalue weighted by Crippen LogP contribution is -2.17. The first-order valence-corrected chi connectivity index (χ1v) is 7.38. The Labute approximate surface area is 131 Å². The Morgan fingerprint density at radius 1 is 1.19 bits per heavy atom. The summed E-state index contributed by atoms with van der Waals surface area (Å²) in [6.07, 6.45) is 0. The summed E-state index contributed by atoms with van der Waals surface area (Å²) >= 11 is 3.47. The van der Waals surface area contributed by atoms with E-state index in [0.29, 0.717) is 25.3 Å². The van der Waals surface area contributed by atoms with Crippen LogP contribution in [0.4, 0.5) is 5.69 Å². The van der Waals surface area contributed by atoms with Crippen LogP contribution in [-0.4, -0.2) is 13.2 Å². The summed E-state index contributed by atoms with van der Waals surface area (Å²) in [7, 11) is 0. The number of anilines is 1. The molecule has 0 saturated heterocycles. The molecule has 0 spiro atoms. The second-order valence-electron chi connectivity index (χ2n) is 4.60. The molecule has 21 heavy (non-hydrogen) atoms. The van der Waals surface area contributed by atoms with E-state index in [0.717, 1.165) is 27.2 Å². The van der Waals surface area contributed by atoms with E-state index in [1.54, 1.807) is 12.1 Å². The molecule has 2 aromatic carbocycles. The van der Waals surface area contributed by atoms with Crippen molar-refractivity contribution in [3.8, 4) is 17.6 Å². The molecule has 5 heteroatoms. The summed E-state index contributed by atoms with van der Waals surface area (Å²) in [5, 5.41) is 12.2. The van der Waals surface area contributed by atoms with E-state index in [-0.39, 0.29) is 0 Å². The summed E-state index contributed by atoms with van der Waals surface area (Å²) in [5.41, 5.74) is 2.60. The highest BCUT2D eigenvalue weighted by atomic mass is 79.9. The standard InChI is InChI=1S/C16H13BrN2O2/c17-13-8-11(9-18)4-5-14(13)19-10-12-2-1-3-15-16(12)21-7-6-20-15/h1-5,8,19H,6-7,10H2. The fourth-order valence-electron chi connectivity index (χ4n) is 2.19. The predicted octanol–water partition coefficient (Wildman–Crippen LogP) is 3.70. The molecule has 1 aliphatic heterocycles. The largest absolute Gasteiger partial charge is 0.486 e. The van der Waals surface area contributed by atoms with Gasteiger partial charge in [-0.25, -0.2) is 0 Å². The van der Waals surface area contributed by atoms with Gasteiger partial charge < -0.3 is 14.8 Å². The molecule has 4 nitrogen and oxygen atoms in total. The highest BCUT2D eigenvalue weighted by Gasteiger charge is 2.15. The number of rotatable bonds is 3. The summed E-state index contributed by atoms with van der Waals surface area (Å²) in [5.74, 6) is 1.60. The van der Waals surface area contributed by atoms with Crippen LogP contribution in [0.2, 0.25) is 0 Å². The first-order valence-electron chi connectivity index (χ1n) is 6.59. The van der Waals surface area contributed by atoms with Gasteiger partial charge in [-0.1, -0.05) is 12.1 Å². The molecule has 0 aliphatic carbocycles. The van der Waals surface area contributed by atoms with Crippen molar-refractivity contribution < 1.29 is 9.47 Å². The van der Waals surface area contributed by atoms with Crippen LogP contribution in [0.1, 0.15) is 11.1 Å². The number of fused-ring (bicyclic) bond motifs is 1. The third-order valence-corrected chi connectivity index (χ3v) is 3.87. The molecule has 0 bridgehead atoms. The van der Waals surface area contributed by atoms with E-state index < -0.39 is 0 Å². The molecule has 0 amide bonds. The highest BCUT2D eigenvalue weighted by Crippen LogP contribution is 2.34. The van der Waals surface area contributed by atoms with Gasteiger partial charge >= 0.3 is 0 Å². The normalized spacial score (nSPS) is 12.6. The van der Waals surface area contributed by atoms with E-state index >= 15 is 0 Å². The average Bonchev–Trinajstić information content (AvgIpc) is 2.53. The van der Waals surface area contributed by atoms with Gasteiger partial charge in [0, 0.05) is 22.3 Å². The van der Waals surface area contributed by atoms with Crippen molar-refractivity contribution in [3.63, 3.8) is 0 Å². The molecule has 106 valence electrons. The van der Waals surface area contributed by atoms with Gasteiger partial charge in [0.05, 0.1) is 11.6 Å². The van der Waals surface area contributed by atoms with Crippen LogP contribution in [0.3, 0.4) is 0 Å². The van der Waals surface area contributed by atoms with Gasteiger partial charge in [-0.2, -0.15) is 5.26 Å². The Morgan fingerprint density at radius 2 is 2.05 bits per heavy atom.